The van der Waals surface area contributed by atoms with Gasteiger partial charge in [0.25, 0.3) is 5.91 Å². The van der Waals surface area contributed by atoms with Crippen LogP contribution in [-0.2, 0) is 16.1 Å². The van der Waals surface area contributed by atoms with Gasteiger partial charge in [0, 0.05) is 26.3 Å². The SMILES string of the molecule is CCC(C)(OC)C(=O)N(C)Cc1cccc(C(N)=S)c1. The topological polar surface area (TPSA) is 55.6 Å². The Bertz CT molecular complexity index is 498. The van der Waals surface area contributed by atoms with E-state index in [4.69, 9.17) is 22.7 Å². The second-order valence-corrected chi connectivity index (χ2v) is 5.45. The van der Waals surface area contributed by atoms with Crippen LogP contribution < -0.4 is 5.73 Å². The standard InChI is InChI=1S/C15H22N2O2S/c1-5-15(2,19-4)14(18)17(3)10-11-7-6-8-12(9-11)13(16)20/h6-9H,5,10H2,1-4H3,(H2,16,20). The van der Waals surface area contributed by atoms with Gasteiger partial charge in [-0.1, -0.05) is 37.3 Å². The molecular formula is C15H22N2O2S. The molecule has 0 aliphatic carbocycles. The van der Waals surface area contributed by atoms with E-state index in [1.54, 1.807) is 26.0 Å². The summed E-state index contributed by atoms with van der Waals surface area (Å²) in [6.45, 7) is 4.23. The van der Waals surface area contributed by atoms with E-state index in [0.717, 1.165) is 11.1 Å². The number of rotatable bonds is 6. The summed E-state index contributed by atoms with van der Waals surface area (Å²) in [6.07, 6.45) is 0.625. The largest absolute Gasteiger partial charge is 0.389 e. The summed E-state index contributed by atoms with van der Waals surface area (Å²) < 4.78 is 5.34. The number of nitrogens with zero attached hydrogens (tertiary/aromatic N) is 1. The Hall–Kier alpha value is -1.46. The molecule has 20 heavy (non-hydrogen) atoms. The maximum Gasteiger partial charge on any atom is 0.254 e. The summed E-state index contributed by atoms with van der Waals surface area (Å²) in [5.41, 5.74) is 6.63. The molecule has 1 atom stereocenters. The number of likely N-dealkylation sites (N-methyl/N-ethyl adjacent to an activating group) is 1. The average Bonchev–Trinajstić information content (AvgIpc) is 2.45. The number of nitrogens with two attached hydrogens (primary N) is 1. The van der Waals surface area contributed by atoms with Gasteiger partial charge >= 0.3 is 0 Å². The monoisotopic (exact) mass is 294 g/mol. The van der Waals surface area contributed by atoms with E-state index in [1.807, 2.05) is 31.2 Å². The van der Waals surface area contributed by atoms with Gasteiger partial charge in [0.2, 0.25) is 0 Å². The summed E-state index contributed by atoms with van der Waals surface area (Å²) >= 11 is 4.96. The molecule has 0 aliphatic heterocycles. The molecule has 1 aromatic carbocycles. The van der Waals surface area contributed by atoms with Crippen LogP contribution in [0.3, 0.4) is 0 Å². The Labute approximate surface area is 125 Å². The maximum absolute atomic E-state index is 12.4. The van der Waals surface area contributed by atoms with Crippen molar-refractivity contribution in [3.05, 3.63) is 35.4 Å². The van der Waals surface area contributed by atoms with Crippen molar-refractivity contribution in [2.24, 2.45) is 5.73 Å². The molecule has 0 spiro atoms. The highest BCUT2D eigenvalue weighted by atomic mass is 32.1. The van der Waals surface area contributed by atoms with E-state index < -0.39 is 5.60 Å². The molecule has 1 aromatic rings. The van der Waals surface area contributed by atoms with Gasteiger partial charge in [0.15, 0.2) is 0 Å². The van der Waals surface area contributed by atoms with Crippen LogP contribution >= 0.6 is 12.2 Å². The molecule has 4 nitrogen and oxygen atoms in total. The molecule has 0 fully saturated rings. The molecule has 0 aliphatic rings. The highest BCUT2D eigenvalue weighted by Gasteiger charge is 2.33. The fraction of sp³-hybridized carbons (Fsp3) is 0.467. The third kappa shape index (κ3) is 3.77. The lowest BCUT2D eigenvalue weighted by molar-refractivity contribution is -0.152. The Balaban J connectivity index is 2.85. The number of methoxy groups -OCH3 is 1. The number of ether oxygens (including phenoxy) is 1. The molecular weight excluding hydrogens is 272 g/mol. The van der Waals surface area contributed by atoms with Crippen molar-refractivity contribution in [1.29, 1.82) is 0 Å². The van der Waals surface area contributed by atoms with Crippen molar-refractivity contribution < 1.29 is 9.53 Å². The van der Waals surface area contributed by atoms with Crippen LogP contribution in [0.2, 0.25) is 0 Å². The second kappa shape index (κ2) is 6.81. The third-order valence-corrected chi connectivity index (χ3v) is 3.79. The zero-order valence-electron chi connectivity index (χ0n) is 12.5. The summed E-state index contributed by atoms with van der Waals surface area (Å²) in [5.74, 6) is -0.0387. The van der Waals surface area contributed by atoms with E-state index in [1.165, 1.54) is 0 Å². The molecule has 0 aromatic heterocycles. The Kier molecular flexibility index (Phi) is 5.65. The Morgan fingerprint density at radius 1 is 1.50 bits per heavy atom. The molecule has 1 unspecified atom stereocenters. The van der Waals surface area contributed by atoms with Gasteiger partial charge in [-0.05, 0) is 25.0 Å². The molecule has 0 bridgehead atoms. The smallest absolute Gasteiger partial charge is 0.254 e. The van der Waals surface area contributed by atoms with Gasteiger partial charge in [-0.2, -0.15) is 0 Å². The van der Waals surface area contributed by atoms with Gasteiger partial charge < -0.3 is 15.4 Å². The second-order valence-electron chi connectivity index (χ2n) is 5.01. The van der Waals surface area contributed by atoms with Gasteiger partial charge in [-0.25, -0.2) is 0 Å². The van der Waals surface area contributed by atoms with Gasteiger partial charge in [0.1, 0.15) is 10.6 Å². The van der Waals surface area contributed by atoms with Crippen molar-refractivity contribution in [3.8, 4) is 0 Å². The van der Waals surface area contributed by atoms with Crippen LogP contribution in [0.5, 0.6) is 0 Å². The van der Waals surface area contributed by atoms with Crippen LogP contribution in [0.25, 0.3) is 0 Å². The quantitative estimate of drug-likeness (QED) is 0.816. The van der Waals surface area contributed by atoms with E-state index >= 15 is 0 Å². The first-order valence-corrected chi connectivity index (χ1v) is 6.94. The lowest BCUT2D eigenvalue weighted by Crippen LogP contribution is -2.46. The highest BCUT2D eigenvalue weighted by Crippen LogP contribution is 2.18. The van der Waals surface area contributed by atoms with Crippen molar-refractivity contribution >= 4 is 23.1 Å². The molecule has 2 N–H and O–H groups in total. The lowest BCUT2D eigenvalue weighted by Gasteiger charge is -2.30. The Morgan fingerprint density at radius 3 is 2.65 bits per heavy atom. The number of hydrogen-bond donors (Lipinski definition) is 1. The normalized spacial score (nSPS) is 13.6. The summed E-state index contributed by atoms with van der Waals surface area (Å²) in [7, 11) is 3.32. The Morgan fingerprint density at radius 2 is 2.15 bits per heavy atom. The van der Waals surface area contributed by atoms with Crippen molar-refractivity contribution in [3.63, 3.8) is 0 Å². The van der Waals surface area contributed by atoms with E-state index in [2.05, 4.69) is 0 Å². The van der Waals surface area contributed by atoms with Crippen LogP contribution in [0.1, 0.15) is 31.4 Å². The first-order chi connectivity index (χ1) is 9.34. The molecule has 0 saturated heterocycles. The van der Waals surface area contributed by atoms with E-state index in [0.29, 0.717) is 18.0 Å². The number of carbonyl (C=O) groups is 1. The number of amides is 1. The van der Waals surface area contributed by atoms with Crippen LogP contribution in [0.4, 0.5) is 0 Å². The minimum absolute atomic E-state index is 0.0387. The fourth-order valence-electron chi connectivity index (χ4n) is 1.96. The van der Waals surface area contributed by atoms with Crippen LogP contribution in [-0.4, -0.2) is 35.6 Å². The molecule has 110 valence electrons. The average molecular weight is 294 g/mol. The highest BCUT2D eigenvalue weighted by molar-refractivity contribution is 7.80. The van der Waals surface area contributed by atoms with Crippen molar-refractivity contribution in [1.82, 2.24) is 4.90 Å². The van der Waals surface area contributed by atoms with Crippen molar-refractivity contribution in [2.45, 2.75) is 32.4 Å². The van der Waals surface area contributed by atoms with E-state index in [-0.39, 0.29) is 5.91 Å². The predicted octanol–water partition coefficient (Wildman–Crippen LogP) is 2.09. The zero-order chi connectivity index (χ0) is 15.3. The molecule has 5 heteroatoms. The van der Waals surface area contributed by atoms with Crippen molar-refractivity contribution in [2.75, 3.05) is 14.2 Å². The van der Waals surface area contributed by atoms with Crippen LogP contribution in [0, 0.1) is 0 Å². The lowest BCUT2D eigenvalue weighted by atomic mass is 10.0. The first-order valence-electron chi connectivity index (χ1n) is 6.53. The maximum atomic E-state index is 12.4. The molecule has 0 heterocycles. The molecule has 0 saturated carbocycles. The number of benzene rings is 1. The summed E-state index contributed by atoms with van der Waals surface area (Å²) in [4.78, 5) is 14.4. The minimum Gasteiger partial charge on any atom is -0.389 e. The van der Waals surface area contributed by atoms with Gasteiger partial charge in [0.05, 0.1) is 0 Å². The minimum atomic E-state index is -0.782. The molecule has 1 amide bonds. The number of thiocarbonyl (C=S) groups is 1. The first kappa shape index (κ1) is 16.6. The van der Waals surface area contributed by atoms with Gasteiger partial charge in [-0.15, -0.1) is 0 Å². The van der Waals surface area contributed by atoms with Gasteiger partial charge in [-0.3, -0.25) is 4.79 Å². The number of carbonyl (C=O) groups excluding carboxylic acids is 1. The van der Waals surface area contributed by atoms with E-state index in [9.17, 15) is 4.79 Å². The summed E-state index contributed by atoms with van der Waals surface area (Å²) in [5, 5.41) is 0. The fourth-order valence-corrected chi connectivity index (χ4v) is 2.08. The number of hydrogen-bond acceptors (Lipinski definition) is 3. The summed E-state index contributed by atoms with van der Waals surface area (Å²) in [6, 6.07) is 7.60. The predicted molar refractivity (Wildman–Crippen MR) is 84.5 cm³/mol. The third-order valence-electron chi connectivity index (χ3n) is 3.56. The zero-order valence-corrected chi connectivity index (χ0v) is 13.3. The molecule has 1 rings (SSSR count). The van der Waals surface area contributed by atoms with Crippen LogP contribution in [0.15, 0.2) is 24.3 Å². The molecule has 0 radical (unpaired) electrons.